The monoisotopic (exact) mass is 370 g/mol. The Bertz CT molecular complexity index is 378. The lowest BCUT2D eigenvalue weighted by Gasteiger charge is -2.34. The Morgan fingerprint density at radius 2 is 1.23 bits per heavy atom. The van der Waals surface area contributed by atoms with Crippen LogP contribution >= 0.6 is 0 Å². The Labute approximate surface area is 161 Å². The zero-order valence-corrected chi connectivity index (χ0v) is 18.1. The number of ether oxygens (including phenoxy) is 2. The summed E-state index contributed by atoms with van der Waals surface area (Å²) in [5.41, 5.74) is -0.767. The summed E-state index contributed by atoms with van der Waals surface area (Å²) < 4.78 is 11.0. The van der Waals surface area contributed by atoms with E-state index in [0.717, 1.165) is 38.5 Å². The second-order valence-corrected chi connectivity index (χ2v) is 8.42. The van der Waals surface area contributed by atoms with Crippen LogP contribution in [0.5, 0.6) is 0 Å². The third kappa shape index (κ3) is 10.8. The van der Waals surface area contributed by atoms with Crippen LogP contribution in [-0.2, 0) is 19.1 Å². The summed E-state index contributed by atoms with van der Waals surface area (Å²) in [6.07, 6.45) is 7.47. The standard InChI is InChI=1S/C22H42O4/c1-7-9-11-13-25-20(23)17-22(15-18(3)4,16-19(5)6)21(24)26-14-12-10-8-2/h18-19H,7-17H2,1-6H3. The highest BCUT2D eigenvalue weighted by Gasteiger charge is 2.43. The molecule has 0 aliphatic carbocycles. The van der Waals surface area contributed by atoms with Crippen molar-refractivity contribution in [2.24, 2.45) is 17.3 Å². The summed E-state index contributed by atoms with van der Waals surface area (Å²) in [5, 5.41) is 0. The van der Waals surface area contributed by atoms with Gasteiger partial charge >= 0.3 is 11.9 Å². The molecule has 0 atom stereocenters. The van der Waals surface area contributed by atoms with E-state index >= 15 is 0 Å². The van der Waals surface area contributed by atoms with E-state index in [1.54, 1.807) is 0 Å². The van der Waals surface area contributed by atoms with Gasteiger partial charge in [-0.2, -0.15) is 0 Å². The molecule has 0 unspecified atom stereocenters. The van der Waals surface area contributed by atoms with E-state index in [1.165, 1.54) is 0 Å². The molecule has 0 aliphatic rings. The predicted octanol–water partition coefficient (Wildman–Crippen LogP) is 5.92. The van der Waals surface area contributed by atoms with Crippen LogP contribution < -0.4 is 0 Å². The third-order valence-electron chi connectivity index (χ3n) is 4.51. The minimum atomic E-state index is -0.767. The highest BCUT2D eigenvalue weighted by molar-refractivity contribution is 5.83. The average Bonchev–Trinajstić information content (AvgIpc) is 2.54. The van der Waals surface area contributed by atoms with Gasteiger partial charge in [0.15, 0.2) is 0 Å². The molecule has 4 nitrogen and oxygen atoms in total. The number of hydrogen-bond acceptors (Lipinski definition) is 4. The Kier molecular flexibility index (Phi) is 13.5. The van der Waals surface area contributed by atoms with Crippen molar-refractivity contribution in [1.82, 2.24) is 0 Å². The summed E-state index contributed by atoms with van der Waals surface area (Å²) in [6.45, 7) is 13.5. The van der Waals surface area contributed by atoms with E-state index in [2.05, 4.69) is 41.5 Å². The zero-order chi connectivity index (χ0) is 20.0. The Balaban J connectivity index is 5.07. The largest absolute Gasteiger partial charge is 0.466 e. The number of carbonyl (C=O) groups is 2. The molecule has 0 rings (SSSR count). The summed E-state index contributed by atoms with van der Waals surface area (Å²) in [4.78, 5) is 25.4. The van der Waals surface area contributed by atoms with E-state index in [9.17, 15) is 9.59 Å². The molecular formula is C22H42O4. The minimum absolute atomic E-state index is 0.127. The molecule has 0 saturated heterocycles. The Morgan fingerprint density at radius 3 is 1.65 bits per heavy atom. The van der Waals surface area contributed by atoms with E-state index in [4.69, 9.17) is 9.47 Å². The lowest BCUT2D eigenvalue weighted by Crippen LogP contribution is -2.38. The molecule has 0 aromatic heterocycles. The molecule has 0 saturated carbocycles. The highest BCUT2D eigenvalue weighted by Crippen LogP contribution is 2.39. The molecule has 4 heteroatoms. The maximum atomic E-state index is 13.0. The molecule has 0 aromatic carbocycles. The molecule has 0 radical (unpaired) electrons. The number of unbranched alkanes of at least 4 members (excludes halogenated alkanes) is 4. The quantitative estimate of drug-likeness (QED) is 0.265. The molecule has 0 amide bonds. The van der Waals surface area contributed by atoms with Crippen molar-refractivity contribution in [3.63, 3.8) is 0 Å². The van der Waals surface area contributed by atoms with Crippen LogP contribution in [0.3, 0.4) is 0 Å². The van der Waals surface area contributed by atoms with Gasteiger partial charge in [0.1, 0.15) is 0 Å². The van der Waals surface area contributed by atoms with E-state index in [1.807, 2.05) is 0 Å². The van der Waals surface area contributed by atoms with E-state index in [-0.39, 0.29) is 18.4 Å². The van der Waals surface area contributed by atoms with Crippen molar-refractivity contribution in [2.45, 2.75) is 99.3 Å². The van der Waals surface area contributed by atoms with Gasteiger partial charge in [-0.15, -0.1) is 0 Å². The topological polar surface area (TPSA) is 52.6 Å². The molecule has 0 fully saturated rings. The Morgan fingerprint density at radius 1 is 0.769 bits per heavy atom. The first-order chi connectivity index (χ1) is 12.3. The summed E-state index contributed by atoms with van der Waals surface area (Å²) in [5.74, 6) is 0.129. The van der Waals surface area contributed by atoms with Crippen LogP contribution in [0.15, 0.2) is 0 Å². The van der Waals surface area contributed by atoms with Crippen LogP contribution in [0.25, 0.3) is 0 Å². The van der Waals surface area contributed by atoms with Gasteiger partial charge < -0.3 is 9.47 Å². The lowest BCUT2D eigenvalue weighted by atomic mass is 9.72. The van der Waals surface area contributed by atoms with Crippen LogP contribution in [0, 0.1) is 17.3 Å². The fourth-order valence-electron chi connectivity index (χ4n) is 3.56. The Hall–Kier alpha value is -1.06. The molecule has 0 bridgehead atoms. The second-order valence-electron chi connectivity index (χ2n) is 8.42. The molecule has 0 aromatic rings. The van der Waals surface area contributed by atoms with Gasteiger partial charge in [-0.1, -0.05) is 67.2 Å². The van der Waals surface area contributed by atoms with Gasteiger partial charge in [-0.05, 0) is 37.5 Å². The molecule has 0 N–H and O–H groups in total. The van der Waals surface area contributed by atoms with Crippen LogP contribution in [-0.4, -0.2) is 25.2 Å². The van der Waals surface area contributed by atoms with E-state index < -0.39 is 5.41 Å². The summed E-state index contributed by atoms with van der Waals surface area (Å²) in [7, 11) is 0. The first kappa shape index (κ1) is 24.9. The SMILES string of the molecule is CCCCCOC(=O)CC(CC(C)C)(CC(C)C)C(=O)OCCCCC. The third-order valence-corrected chi connectivity index (χ3v) is 4.51. The number of hydrogen-bond donors (Lipinski definition) is 0. The average molecular weight is 371 g/mol. The van der Waals surface area contributed by atoms with Crippen LogP contribution in [0.1, 0.15) is 99.3 Å². The fourth-order valence-corrected chi connectivity index (χ4v) is 3.56. The first-order valence-electron chi connectivity index (χ1n) is 10.6. The van der Waals surface area contributed by atoms with Crippen LogP contribution in [0.4, 0.5) is 0 Å². The molecular weight excluding hydrogens is 328 g/mol. The highest BCUT2D eigenvalue weighted by atomic mass is 16.5. The van der Waals surface area contributed by atoms with Gasteiger partial charge in [0.2, 0.25) is 0 Å². The molecule has 154 valence electrons. The zero-order valence-electron chi connectivity index (χ0n) is 18.1. The van der Waals surface area contributed by atoms with E-state index in [0.29, 0.717) is 37.9 Å². The van der Waals surface area contributed by atoms with Crippen LogP contribution in [0.2, 0.25) is 0 Å². The van der Waals surface area contributed by atoms with Crippen molar-refractivity contribution in [1.29, 1.82) is 0 Å². The van der Waals surface area contributed by atoms with Crippen molar-refractivity contribution in [2.75, 3.05) is 13.2 Å². The number of rotatable bonds is 15. The van der Waals surface area contributed by atoms with Crippen molar-refractivity contribution in [3.8, 4) is 0 Å². The van der Waals surface area contributed by atoms with Crippen molar-refractivity contribution in [3.05, 3.63) is 0 Å². The maximum Gasteiger partial charge on any atom is 0.312 e. The van der Waals surface area contributed by atoms with Gasteiger partial charge in [0.25, 0.3) is 0 Å². The molecule has 26 heavy (non-hydrogen) atoms. The minimum Gasteiger partial charge on any atom is -0.466 e. The first-order valence-corrected chi connectivity index (χ1v) is 10.6. The fraction of sp³-hybridized carbons (Fsp3) is 0.909. The second kappa shape index (κ2) is 14.1. The number of esters is 2. The van der Waals surface area contributed by atoms with Gasteiger partial charge in [0.05, 0.1) is 25.0 Å². The molecule has 0 aliphatic heterocycles. The van der Waals surface area contributed by atoms with Crippen molar-refractivity contribution >= 4 is 11.9 Å². The normalized spacial score (nSPS) is 11.8. The smallest absolute Gasteiger partial charge is 0.312 e. The summed E-state index contributed by atoms with van der Waals surface area (Å²) >= 11 is 0. The summed E-state index contributed by atoms with van der Waals surface area (Å²) in [6, 6.07) is 0. The van der Waals surface area contributed by atoms with Gasteiger partial charge in [0, 0.05) is 0 Å². The van der Waals surface area contributed by atoms with Crippen molar-refractivity contribution < 1.29 is 19.1 Å². The molecule has 0 spiro atoms. The molecule has 0 heterocycles. The van der Waals surface area contributed by atoms with Gasteiger partial charge in [-0.25, -0.2) is 0 Å². The lowest BCUT2D eigenvalue weighted by molar-refractivity contribution is -0.165. The number of carbonyl (C=O) groups excluding carboxylic acids is 2. The predicted molar refractivity (Wildman–Crippen MR) is 107 cm³/mol. The maximum absolute atomic E-state index is 13.0. The van der Waals surface area contributed by atoms with Gasteiger partial charge in [-0.3, -0.25) is 9.59 Å².